The van der Waals surface area contributed by atoms with E-state index in [4.69, 9.17) is 4.74 Å². The predicted octanol–water partition coefficient (Wildman–Crippen LogP) is 3.10. The average Bonchev–Trinajstić information content (AvgIpc) is 3.61. The lowest BCUT2D eigenvalue weighted by atomic mass is 9.70. The first-order valence-corrected chi connectivity index (χ1v) is 16.9. The molecule has 2 saturated heterocycles. The first-order valence-electron chi connectivity index (χ1n) is 16.9. The Hall–Kier alpha value is -4.51. The van der Waals surface area contributed by atoms with Gasteiger partial charge in [-0.15, -0.1) is 0 Å². The minimum absolute atomic E-state index is 0.139. The fourth-order valence-electron chi connectivity index (χ4n) is 7.37. The summed E-state index contributed by atoms with van der Waals surface area (Å²) in [6.07, 6.45) is 4.43. The number of rotatable bonds is 12. The number of likely N-dealkylation sites (tertiary alicyclic amines) is 2. The quantitative estimate of drug-likeness (QED) is 0.309. The summed E-state index contributed by atoms with van der Waals surface area (Å²) in [5.41, 5.74) is 1.52. The van der Waals surface area contributed by atoms with Crippen LogP contribution in [0.2, 0.25) is 0 Å². The van der Waals surface area contributed by atoms with Crippen LogP contribution in [0.5, 0.6) is 0 Å². The number of carbonyl (C=O) groups is 4. The van der Waals surface area contributed by atoms with Gasteiger partial charge in [-0.1, -0.05) is 74.5 Å². The largest absolute Gasteiger partial charge is 0.371 e. The molecule has 0 bridgehead atoms. The number of nitrogens with zero attached hydrogens (tertiary/aromatic N) is 4. The third kappa shape index (κ3) is 6.60. The van der Waals surface area contributed by atoms with Crippen LogP contribution in [0, 0.1) is 22.7 Å². The summed E-state index contributed by atoms with van der Waals surface area (Å²) in [4.78, 5) is 58.2. The molecule has 6 rings (SSSR count). The van der Waals surface area contributed by atoms with Crippen LogP contribution in [-0.4, -0.2) is 88.6 Å². The number of likely N-dealkylation sites (N-methyl/N-ethyl adjacent to an activating group) is 1. The van der Waals surface area contributed by atoms with Crippen LogP contribution in [0.15, 0.2) is 73.1 Å². The summed E-state index contributed by atoms with van der Waals surface area (Å²) in [5.74, 6) is -1.15. The lowest BCUT2D eigenvalue weighted by molar-refractivity contribution is -0.156. The Morgan fingerprint density at radius 2 is 1.54 bits per heavy atom. The first kappa shape index (κ1) is 33.4. The normalized spacial score (nSPS) is 20.2. The van der Waals surface area contributed by atoms with Crippen molar-refractivity contribution in [3.63, 3.8) is 0 Å². The van der Waals surface area contributed by atoms with Crippen molar-refractivity contribution in [2.75, 3.05) is 33.2 Å². The number of amides is 4. The maximum absolute atomic E-state index is 14.2. The minimum atomic E-state index is -0.947. The molecule has 254 valence electrons. The van der Waals surface area contributed by atoms with E-state index in [9.17, 15) is 19.2 Å². The molecule has 11 nitrogen and oxygen atoms in total. The van der Waals surface area contributed by atoms with Crippen LogP contribution in [0.1, 0.15) is 55.1 Å². The molecule has 2 aliphatic heterocycles. The molecule has 11 heteroatoms. The third-order valence-electron chi connectivity index (χ3n) is 10.6. The van der Waals surface area contributed by atoms with Gasteiger partial charge in [-0.25, -0.2) is 0 Å². The highest BCUT2D eigenvalue weighted by Crippen LogP contribution is 2.55. The van der Waals surface area contributed by atoms with Crippen molar-refractivity contribution < 1.29 is 23.9 Å². The van der Waals surface area contributed by atoms with E-state index in [2.05, 4.69) is 29.6 Å². The molecule has 2 aromatic carbocycles. The Kier molecular flexibility index (Phi) is 9.42. The number of carbonyl (C=O) groups excluding carboxylic acids is 4. The van der Waals surface area contributed by atoms with Crippen molar-refractivity contribution in [2.24, 2.45) is 22.7 Å². The summed E-state index contributed by atoms with van der Waals surface area (Å²) in [5, 5.41) is 10.0. The summed E-state index contributed by atoms with van der Waals surface area (Å²) >= 11 is 0. The van der Waals surface area contributed by atoms with Crippen LogP contribution in [0.25, 0.3) is 0 Å². The lowest BCUT2D eigenvalue weighted by Gasteiger charge is -2.51. The van der Waals surface area contributed by atoms with E-state index < -0.39 is 23.5 Å². The van der Waals surface area contributed by atoms with Crippen LogP contribution < -0.4 is 10.6 Å². The smallest absolute Gasteiger partial charge is 0.257 e. The Labute approximate surface area is 282 Å². The third-order valence-corrected chi connectivity index (χ3v) is 10.6. The Balaban J connectivity index is 1.19. The van der Waals surface area contributed by atoms with Gasteiger partial charge in [0.1, 0.15) is 6.04 Å². The van der Waals surface area contributed by atoms with Crippen molar-refractivity contribution >= 4 is 23.6 Å². The van der Waals surface area contributed by atoms with E-state index >= 15 is 0 Å². The van der Waals surface area contributed by atoms with E-state index in [0.29, 0.717) is 31.7 Å². The molecule has 3 fully saturated rings. The van der Waals surface area contributed by atoms with E-state index in [1.54, 1.807) is 28.9 Å². The molecule has 1 saturated carbocycles. The molecule has 1 aromatic heterocycles. The summed E-state index contributed by atoms with van der Waals surface area (Å²) in [7, 11) is 1.53. The molecule has 3 aliphatic rings. The van der Waals surface area contributed by atoms with E-state index in [-0.39, 0.29) is 48.1 Å². The number of benzene rings is 2. The maximum atomic E-state index is 14.2. The number of hydrogen-bond donors (Lipinski definition) is 2. The van der Waals surface area contributed by atoms with Crippen LogP contribution in [-0.2, 0) is 32.3 Å². The highest BCUT2D eigenvalue weighted by Gasteiger charge is 2.63. The molecule has 2 N–H and O–H groups in total. The highest BCUT2D eigenvalue weighted by molar-refractivity contribution is 5.96. The zero-order chi connectivity index (χ0) is 34.1. The molecule has 3 atom stereocenters. The fourth-order valence-corrected chi connectivity index (χ4v) is 7.37. The number of hydrogen-bond acceptors (Lipinski definition) is 6. The second-order valence-electron chi connectivity index (χ2n) is 14.1. The Morgan fingerprint density at radius 1 is 0.917 bits per heavy atom. The number of aromatic nitrogens is 2. The lowest BCUT2D eigenvalue weighted by Crippen LogP contribution is -2.66. The monoisotopic (exact) mass is 654 g/mol. The van der Waals surface area contributed by atoms with E-state index in [0.717, 1.165) is 24.0 Å². The van der Waals surface area contributed by atoms with Gasteiger partial charge in [0.05, 0.1) is 42.3 Å². The molecular weight excluding hydrogens is 608 g/mol. The molecule has 3 heterocycles. The first-order chi connectivity index (χ1) is 23.0. The van der Waals surface area contributed by atoms with Gasteiger partial charge in [0.2, 0.25) is 17.7 Å². The maximum Gasteiger partial charge on any atom is 0.257 e. The van der Waals surface area contributed by atoms with Crippen molar-refractivity contribution in [3.05, 3.63) is 89.7 Å². The van der Waals surface area contributed by atoms with Gasteiger partial charge in [-0.05, 0) is 36.8 Å². The van der Waals surface area contributed by atoms with Crippen molar-refractivity contribution in [1.82, 2.24) is 30.2 Å². The van der Waals surface area contributed by atoms with Gasteiger partial charge < -0.3 is 25.2 Å². The molecule has 0 unspecified atom stereocenters. The topological polar surface area (TPSA) is 126 Å². The molecule has 1 aliphatic carbocycles. The van der Waals surface area contributed by atoms with Gasteiger partial charge in [-0.2, -0.15) is 5.10 Å². The molecule has 4 amide bonds. The SMILES string of the molecule is CNC(=O)[C@@H](NC(=O)[C@H]1CN(C(=O)c2cnn(Cc3ccccc3)c2)CC12CN(C(=O)C1(C(C)C)CC1)C2)[C@@H](C)OCc1ccccc1. The van der Waals surface area contributed by atoms with Gasteiger partial charge in [0, 0.05) is 44.8 Å². The zero-order valence-electron chi connectivity index (χ0n) is 28.2. The van der Waals surface area contributed by atoms with Gasteiger partial charge >= 0.3 is 0 Å². The summed E-state index contributed by atoms with van der Waals surface area (Å²) in [6, 6.07) is 18.6. The summed E-state index contributed by atoms with van der Waals surface area (Å²) < 4.78 is 7.77. The zero-order valence-corrected chi connectivity index (χ0v) is 28.2. The molecule has 48 heavy (non-hydrogen) atoms. The Morgan fingerprint density at radius 3 is 2.15 bits per heavy atom. The van der Waals surface area contributed by atoms with Crippen LogP contribution in [0.4, 0.5) is 0 Å². The van der Waals surface area contributed by atoms with Gasteiger partial charge in [0.15, 0.2) is 0 Å². The highest BCUT2D eigenvalue weighted by atomic mass is 16.5. The molecule has 3 aromatic rings. The average molecular weight is 655 g/mol. The number of ether oxygens (including phenoxy) is 1. The van der Waals surface area contributed by atoms with Crippen LogP contribution in [0.3, 0.4) is 0 Å². The van der Waals surface area contributed by atoms with E-state index in [1.165, 1.54) is 7.05 Å². The second-order valence-corrected chi connectivity index (χ2v) is 14.1. The van der Waals surface area contributed by atoms with Crippen molar-refractivity contribution in [2.45, 2.75) is 58.9 Å². The second kappa shape index (κ2) is 13.5. The predicted molar refractivity (Wildman–Crippen MR) is 179 cm³/mol. The van der Waals surface area contributed by atoms with Crippen molar-refractivity contribution in [1.29, 1.82) is 0 Å². The van der Waals surface area contributed by atoms with Crippen molar-refractivity contribution in [3.8, 4) is 0 Å². The fraction of sp³-hybridized carbons (Fsp3) is 0.486. The molecule has 1 spiro atoms. The Bertz CT molecular complexity index is 1630. The van der Waals surface area contributed by atoms with Gasteiger partial charge in [0.25, 0.3) is 5.91 Å². The number of nitrogens with one attached hydrogen (secondary N) is 2. The van der Waals surface area contributed by atoms with Crippen LogP contribution >= 0.6 is 0 Å². The summed E-state index contributed by atoms with van der Waals surface area (Å²) in [6.45, 7) is 8.04. The van der Waals surface area contributed by atoms with E-state index in [1.807, 2.05) is 65.6 Å². The molecule has 0 radical (unpaired) electrons. The minimum Gasteiger partial charge on any atom is -0.371 e. The standard InChI is InChI=1S/C37H46N6O5/c1-25(2)37(15-16-37)35(47)42-23-36(24-42)22-41(34(46)29-17-39-43(19-29)18-27-11-7-5-8-12-27)20-30(36)32(44)40-31(33(45)38-4)26(3)48-21-28-13-9-6-10-14-28/h5-14,17,19,25-26,30-31H,15-16,18,20-24H2,1-4H3,(H,38,45)(H,40,44)/t26-,30-,31+/m1/s1. The molecular formula is C37H46N6O5. The van der Waals surface area contributed by atoms with Gasteiger partial charge in [-0.3, -0.25) is 23.9 Å².